The maximum Gasteiger partial charge on any atom is 0.251 e. The molecule has 0 aliphatic carbocycles. The summed E-state index contributed by atoms with van der Waals surface area (Å²) in [7, 11) is 0. The minimum atomic E-state index is -0.234. The van der Waals surface area contributed by atoms with E-state index in [-0.39, 0.29) is 17.6 Å². The molecule has 0 spiro atoms. The standard InChI is InChI=1S/C16H14FNO/c17-14-7-5-11(6-8-14)13-9-12-3-1-2-4-15(12)16(19)18-10-13/h1-8,13H,9-10H2,(H,18,19). The van der Waals surface area contributed by atoms with Gasteiger partial charge in [0.15, 0.2) is 0 Å². The topological polar surface area (TPSA) is 29.1 Å². The highest BCUT2D eigenvalue weighted by Gasteiger charge is 2.22. The van der Waals surface area contributed by atoms with Crippen LogP contribution in [-0.4, -0.2) is 12.5 Å². The van der Waals surface area contributed by atoms with Crippen molar-refractivity contribution in [3.05, 3.63) is 71.0 Å². The van der Waals surface area contributed by atoms with E-state index in [1.165, 1.54) is 12.1 Å². The van der Waals surface area contributed by atoms with Crippen molar-refractivity contribution in [1.29, 1.82) is 0 Å². The largest absolute Gasteiger partial charge is 0.351 e. The molecule has 0 aromatic heterocycles. The third-order valence-corrected chi connectivity index (χ3v) is 3.58. The van der Waals surface area contributed by atoms with Crippen LogP contribution in [0.1, 0.15) is 27.4 Å². The van der Waals surface area contributed by atoms with Gasteiger partial charge in [0.05, 0.1) is 0 Å². The number of fused-ring (bicyclic) bond motifs is 1. The second-order valence-corrected chi connectivity index (χ2v) is 4.82. The number of hydrogen-bond donors (Lipinski definition) is 1. The minimum absolute atomic E-state index is 0.0276. The number of rotatable bonds is 1. The summed E-state index contributed by atoms with van der Waals surface area (Å²) >= 11 is 0. The van der Waals surface area contributed by atoms with Gasteiger partial charge in [-0.25, -0.2) is 4.39 Å². The van der Waals surface area contributed by atoms with Crippen LogP contribution in [0.2, 0.25) is 0 Å². The molecule has 0 bridgehead atoms. The van der Waals surface area contributed by atoms with Gasteiger partial charge in [-0.1, -0.05) is 30.3 Å². The van der Waals surface area contributed by atoms with Crippen LogP contribution in [0.4, 0.5) is 4.39 Å². The lowest BCUT2D eigenvalue weighted by molar-refractivity contribution is 0.0954. The lowest BCUT2D eigenvalue weighted by atomic mass is 9.91. The van der Waals surface area contributed by atoms with E-state index in [0.717, 1.165) is 23.1 Å². The van der Waals surface area contributed by atoms with Crippen LogP contribution in [0, 0.1) is 5.82 Å². The fourth-order valence-corrected chi connectivity index (χ4v) is 2.54. The molecule has 1 atom stereocenters. The summed E-state index contributed by atoms with van der Waals surface area (Å²) in [6.45, 7) is 0.582. The van der Waals surface area contributed by atoms with E-state index in [4.69, 9.17) is 0 Å². The second kappa shape index (κ2) is 4.84. The molecule has 0 radical (unpaired) electrons. The third-order valence-electron chi connectivity index (χ3n) is 3.58. The van der Waals surface area contributed by atoms with E-state index in [9.17, 15) is 9.18 Å². The minimum Gasteiger partial charge on any atom is -0.351 e. The highest BCUT2D eigenvalue weighted by Crippen LogP contribution is 2.25. The molecule has 96 valence electrons. The van der Waals surface area contributed by atoms with Crippen molar-refractivity contribution in [3.63, 3.8) is 0 Å². The fourth-order valence-electron chi connectivity index (χ4n) is 2.54. The third kappa shape index (κ3) is 2.36. The monoisotopic (exact) mass is 255 g/mol. The van der Waals surface area contributed by atoms with Gasteiger partial charge in [0, 0.05) is 18.0 Å². The van der Waals surface area contributed by atoms with Crippen molar-refractivity contribution < 1.29 is 9.18 Å². The summed E-state index contributed by atoms with van der Waals surface area (Å²) in [5.74, 6) is -0.0739. The Bertz CT molecular complexity index is 606. The zero-order valence-electron chi connectivity index (χ0n) is 10.4. The normalized spacial score (nSPS) is 18.4. The van der Waals surface area contributed by atoms with Crippen molar-refractivity contribution in [2.24, 2.45) is 0 Å². The Hall–Kier alpha value is -2.16. The maximum atomic E-state index is 13.0. The molecule has 1 heterocycles. The van der Waals surface area contributed by atoms with E-state index in [2.05, 4.69) is 5.32 Å². The van der Waals surface area contributed by atoms with Gasteiger partial charge in [-0.05, 0) is 35.7 Å². The molecule has 2 nitrogen and oxygen atoms in total. The number of hydrogen-bond acceptors (Lipinski definition) is 1. The van der Waals surface area contributed by atoms with Gasteiger partial charge in [0.25, 0.3) is 5.91 Å². The lowest BCUT2D eigenvalue weighted by Crippen LogP contribution is -2.25. The lowest BCUT2D eigenvalue weighted by Gasteiger charge is -2.14. The fraction of sp³-hybridized carbons (Fsp3) is 0.188. The first-order chi connectivity index (χ1) is 9.24. The molecular formula is C16H14FNO. The molecule has 3 rings (SSSR count). The molecule has 0 fully saturated rings. The first-order valence-electron chi connectivity index (χ1n) is 6.35. The first-order valence-corrected chi connectivity index (χ1v) is 6.35. The number of carbonyl (C=O) groups excluding carboxylic acids is 1. The molecular weight excluding hydrogens is 241 g/mol. The molecule has 3 heteroatoms. The first kappa shape index (κ1) is 11.9. The molecule has 2 aromatic carbocycles. The molecule has 1 amide bonds. The van der Waals surface area contributed by atoms with Crippen molar-refractivity contribution in [2.45, 2.75) is 12.3 Å². The number of halogens is 1. The Morgan fingerprint density at radius 1 is 1.05 bits per heavy atom. The number of nitrogens with one attached hydrogen (secondary N) is 1. The summed E-state index contributed by atoms with van der Waals surface area (Å²) in [5, 5.41) is 2.93. The molecule has 0 saturated heterocycles. The predicted octanol–water partition coefficient (Wildman–Crippen LogP) is 2.90. The van der Waals surface area contributed by atoms with Crippen LogP contribution in [-0.2, 0) is 6.42 Å². The Labute approximate surface area is 111 Å². The van der Waals surface area contributed by atoms with Gasteiger partial charge in [-0.3, -0.25) is 4.79 Å². The summed E-state index contributed by atoms with van der Waals surface area (Å²) < 4.78 is 13.0. The summed E-state index contributed by atoms with van der Waals surface area (Å²) in [5.41, 5.74) is 2.84. The van der Waals surface area contributed by atoms with Crippen LogP contribution >= 0.6 is 0 Å². The predicted molar refractivity (Wildman–Crippen MR) is 71.6 cm³/mol. The summed E-state index contributed by atoms with van der Waals surface area (Å²) in [6.07, 6.45) is 0.792. The highest BCUT2D eigenvalue weighted by molar-refractivity contribution is 5.96. The van der Waals surface area contributed by atoms with E-state index >= 15 is 0 Å². The van der Waals surface area contributed by atoms with Gasteiger partial charge in [0.2, 0.25) is 0 Å². The van der Waals surface area contributed by atoms with Crippen LogP contribution in [0.3, 0.4) is 0 Å². The number of carbonyl (C=O) groups is 1. The van der Waals surface area contributed by atoms with Gasteiger partial charge in [-0.15, -0.1) is 0 Å². The highest BCUT2D eigenvalue weighted by atomic mass is 19.1. The van der Waals surface area contributed by atoms with E-state index < -0.39 is 0 Å². The molecule has 1 aliphatic heterocycles. The number of benzene rings is 2. The Kier molecular flexibility index (Phi) is 3.03. The molecule has 1 N–H and O–H groups in total. The Balaban J connectivity index is 1.94. The van der Waals surface area contributed by atoms with Crippen LogP contribution in [0.5, 0.6) is 0 Å². The Morgan fingerprint density at radius 2 is 1.79 bits per heavy atom. The summed E-state index contributed by atoms with van der Waals surface area (Å²) in [6, 6.07) is 14.2. The van der Waals surface area contributed by atoms with Gasteiger partial charge >= 0.3 is 0 Å². The van der Waals surface area contributed by atoms with Crippen LogP contribution in [0.15, 0.2) is 48.5 Å². The average Bonchev–Trinajstić information content (AvgIpc) is 2.60. The maximum absolute atomic E-state index is 13.0. The quantitative estimate of drug-likeness (QED) is 0.834. The van der Waals surface area contributed by atoms with Crippen molar-refractivity contribution in [1.82, 2.24) is 5.32 Å². The average molecular weight is 255 g/mol. The Morgan fingerprint density at radius 3 is 2.58 bits per heavy atom. The zero-order chi connectivity index (χ0) is 13.2. The second-order valence-electron chi connectivity index (χ2n) is 4.82. The van der Waals surface area contributed by atoms with E-state index in [1.807, 2.05) is 24.3 Å². The van der Waals surface area contributed by atoms with E-state index in [0.29, 0.717) is 6.54 Å². The van der Waals surface area contributed by atoms with E-state index in [1.54, 1.807) is 12.1 Å². The molecule has 1 aliphatic rings. The van der Waals surface area contributed by atoms with Gasteiger partial charge < -0.3 is 5.32 Å². The molecule has 2 aromatic rings. The van der Waals surface area contributed by atoms with Gasteiger partial charge in [-0.2, -0.15) is 0 Å². The zero-order valence-corrected chi connectivity index (χ0v) is 10.4. The van der Waals surface area contributed by atoms with Crippen LogP contribution < -0.4 is 5.32 Å². The summed E-state index contributed by atoms with van der Waals surface area (Å²) in [4.78, 5) is 12.0. The number of amides is 1. The van der Waals surface area contributed by atoms with Crippen molar-refractivity contribution in [3.8, 4) is 0 Å². The van der Waals surface area contributed by atoms with Gasteiger partial charge in [0.1, 0.15) is 5.82 Å². The SMILES string of the molecule is O=C1NCC(c2ccc(F)cc2)Cc2ccccc21. The molecule has 0 saturated carbocycles. The van der Waals surface area contributed by atoms with Crippen LogP contribution in [0.25, 0.3) is 0 Å². The van der Waals surface area contributed by atoms with Crippen molar-refractivity contribution in [2.75, 3.05) is 6.54 Å². The smallest absolute Gasteiger partial charge is 0.251 e. The van der Waals surface area contributed by atoms with Crippen molar-refractivity contribution >= 4 is 5.91 Å². The molecule has 1 unspecified atom stereocenters. The molecule has 19 heavy (non-hydrogen) atoms.